The van der Waals surface area contributed by atoms with E-state index in [1.165, 1.54) is 17.0 Å². The quantitative estimate of drug-likeness (QED) is 0.274. The summed E-state index contributed by atoms with van der Waals surface area (Å²) in [7, 11) is -4.17. The molecular weight excluding hydrogens is 618 g/mol. The molecule has 3 aromatic rings. The van der Waals surface area contributed by atoms with E-state index in [0.717, 1.165) is 4.31 Å². The molecular formula is C29H33BrClN3O5S. The molecule has 1 N–H and O–H groups in total. The molecule has 0 fully saturated rings. The summed E-state index contributed by atoms with van der Waals surface area (Å²) in [5.74, 6) is -0.363. The van der Waals surface area contributed by atoms with Gasteiger partial charge in [-0.25, -0.2) is 8.42 Å². The number of nitrogens with zero attached hydrogens (tertiary/aromatic N) is 2. The molecule has 0 aliphatic rings. The fourth-order valence-corrected chi connectivity index (χ4v) is 5.81. The van der Waals surface area contributed by atoms with Crippen LogP contribution in [0.5, 0.6) is 5.75 Å². The third kappa shape index (κ3) is 7.99. The van der Waals surface area contributed by atoms with Crippen LogP contribution in [0, 0.1) is 0 Å². The fraction of sp³-hybridized carbons (Fsp3) is 0.310. The van der Waals surface area contributed by atoms with Crippen molar-refractivity contribution in [2.24, 2.45) is 0 Å². The van der Waals surface area contributed by atoms with Crippen LogP contribution in [0.3, 0.4) is 0 Å². The molecule has 0 saturated heterocycles. The fourth-order valence-electron chi connectivity index (χ4n) is 3.94. The number of anilines is 1. The largest absolute Gasteiger partial charge is 0.494 e. The predicted molar refractivity (Wildman–Crippen MR) is 161 cm³/mol. The van der Waals surface area contributed by atoms with Crippen LogP contribution in [0.4, 0.5) is 5.69 Å². The van der Waals surface area contributed by atoms with Gasteiger partial charge in [-0.1, -0.05) is 45.7 Å². The van der Waals surface area contributed by atoms with Crippen molar-refractivity contribution >= 4 is 55.1 Å². The Morgan fingerprint density at radius 1 is 0.975 bits per heavy atom. The second-order valence-electron chi connectivity index (χ2n) is 9.34. The Bertz CT molecular complexity index is 1420. The van der Waals surface area contributed by atoms with E-state index in [1.807, 2.05) is 20.8 Å². The normalized spacial score (nSPS) is 12.1. The van der Waals surface area contributed by atoms with Gasteiger partial charge in [-0.2, -0.15) is 0 Å². The Hall–Kier alpha value is -3.08. The highest BCUT2D eigenvalue weighted by molar-refractivity contribution is 9.10. The summed E-state index contributed by atoms with van der Waals surface area (Å²) in [5, 5.41) is 3.26. The summed E-state index contributed by atoms with van der Waals surface area (Å²) in [6.45, 7) is 7.02. The van der Waals surface area contributed by atoms with Crippen LogP contribution < -0.4 is 14.4 Å². The van der Waals surface area contributed by atoms with E-state index in [9.17, 15) is 18.0 Å². The number of sulfonamides is 1. The minimum absolute atomic E-state index is 0.0145. The second kappa shape index (κ2) is 14.0. The number of hydrogen-bond donors (Lipinski definition) is 1. The van der Waals surface area contributed by atoms with Crippen LogP contribution in [-0.4, -0.2) is 50.4 Å². The second-order valence-corrected chi connectivity index (χ2v) is 12.5. The zero-order chi connectivity index (χ0) is 29.4. The van der Waals surface area contributed by atoms with Gasteiger partial charge in [0.15, 0.2) is 0 Å². The Balaban J connectivity index is 2.04. The molecule has 8 nitrogen and oxygen atoms in total. The van der Waals surface area contributed by atoms with E-state index in [4.69, 9.17) is 16.3 Å². The number of rotatable bonds is 12. The van der Waals surface area contributed by atoms with Crippen molar-refractivity contribution in [2.75, 3.05) is 17.5 Å². The lowest BCUT2D eigenvalue weighted by Crippen LogP contribution is -2.52. The average Bonchev–Trinajstić information content (AvgIpc) is 2.91. The molecule has 0 heterocycles. The molecule has 0 aromatic heterocycles. The number of amides is 2. The van der Waals surface area contributed by atoms with Crippen LogP contribution in [-0.2, 0) is 26.2 Å². The number of hydrogen-bond acceptors (Lipinski definition) is 5. The number of carbonyl (C=O) groups is 2. The third-order valence-electron chi connectivity index (χ3n) is 6.01. The Kier molecular flexibility index (Phi) is 11.0. The van der Waals surface area contributed by atoms with Gasteiger partial charge in [-0.15, -0.1) is 0 Å². The number of ether oxygens (including phenoxy) is 1. The van der Waals surface area contributed by atoms with Crippen LogP contribution in [0.15, 0.2) is 82.2 Å². The highest BCUT2D eigenvalue weighted by atomic mass is 79.9. The molecule has 40 heavy (non-hydrogen) atoms. The molecule has 0 aliphatic carbocycles. The lowest BCUT2D eigenvalue weighted by atomic mass is 10.1. The molecule has 0 saturated carbocycles. The molecule has 0 aliphatic heterocycles. The topological polar surface area (TPSA) is 96.0 Å². The molecule has 11 heteroatoms. The van der Waals surface area contributed by atoms with Crippen LogP contribution in [0.25, 0.3) is 0 Å². The standard InChI is InChI=1S/C29H33BrClN3O5S/c1-5-39-25-14-12-24(13-15-25)34(40(37,38)26-16-10-23(30)11-17-26)19-28(35)33(21(4)29(36)32-20(2)3)18-22-8-6-7-9-27(22)31/h6-17,20-21H,5,18-19H2,1-4H3,(H,32,36)/t21-/m1/s1. The van der Waals surface area contributed by atoms with Gasteiger partial charge in [0.2, 0.25) is 11.8 Å². The smallest absolute Gasteiger partial charge is 0.264 e. The SMILES string of the molecule is CCOc1ccc(N(CC(=O)N(Cc2ccccc2Cl)[C@H](C)C(=O)NC(C)C)S(=O)(=O)c2ccc(Br)cc2)cc1. The van der Waals surface area contributed by atoms with Crippen molar-refractivity contribution < 1.29 is 22.7 Å². The summed E-state index contributed by atoms with van der Waals surface area (Å²) in [4.78, 5) is 28.3. The maximum Gasteiger partial charge on any atom is 0.264 e. The first-order valence-corrected chi connectivity index (χ1v) is 15.4. The van der Waals surface area contributed by atoms with Crippen LogP contribution >= 0.6 is 27.5 Å². The monoisotopic (exact) mass is 649 g/mol. The minimum Gasteiger partial charge on any atom is -0.494 e. The van der Waals surface area contributed by atoms with E-state index in [2.05, 4.69) is 21.2 Å². The van der Waals surface area contributed by atoms with E-state index < -0.39 is 28.5 Å². The van der Waals surface area contributed by atoms with Gasteiger partial charge in [0.05, 0.1) is 17.2 Å². The highest BCUT2D eigenvalue weighted by Crippen LogP contribution is 2.28. The van der Waals surface area contributed by atoms with Gasteiger partial charge in [-0.3, -0.25) is 13.9 Å². The molecule has 0 unspecified atom stereocenters. The van der Waals surface area contributed by atoms with Crippen LogP contribution in [0.2, 0.25) is 5.02 Å². The molecule has 3 rings (SSSR count). The minimum atomic E-state index is -4.17. The summed E-state index contributed by atoms with van der Waals surface area (Å²) in [6, 6.07) is 18.6. The van der Waals surface area contributed by atoms with Gasteiger partial charge >= 0.3 is 0 Å². The first-order valence-electron chi connectivity index (χ1n) is 12.8. The van der Waals surface area contributed by atoms with Crippen molar-refractivity contribution in [3.05, 3.63) is 87.9 Å². The van der Waals surface area contributed by atoms with Crippen LogP contribution in [0.1, 0.15) is 33.3 Å². The summed E-state index contributed by atoms with van der Waals surface area (Å²) in [6.07, 6.45) is 0. The summed E-state index contributed by atoms with van der Waals surface area (Å²) < 4.78 is 35.0. The maximum absolute atomic E-state index is 13.9. The van der Waals surface area contributed by atoms with Gasteiger partial charge < -0.3 is 15.0 Å². The van der Waals surface area contributed by atoms with Gasteiger partial charge in [0.1, 0.15) is 18.3 Å². The summed E-state index contributed by atoms with van der Waals surface area (Å²) >= 11 is 9.72. The van der Waals surface area contributed by atoms with Crippen molar-refractivity contribution in [1.29, 1.82) is 0 Å². The number of halogens is 2. The molecule has 1 atom stereocenters. The van der Waals surface area contributed by atoms with Crippen molar-refractivity contribution in [2.45, 2.75) is 51.2 Å². The van der Waals surface area contributed by atoms with Gasteiger partial charge in [-0.05, 0) is 87.9 Å². The molecule has 214 valence electrons. The van der Waals surface area contributed by atoms with Gasteiger partial charge in [0.25, 0.3) is 10.0 Å². The van der Waals surface area contributed by atoms with E-state index in [0.29, 0.717) is 27.4 Å². The number of nitrogens with one attached hydrogen (secondary N) is 1. The van der Waals surface area contributed by atoms with Gasteiger partial charge in [0, 0.05) is 22.1 Å². The zero-order valence-electron chi connectivity index (χ0n) is 22.8. The summed E-state index contributed by atoms with van der Waals surface area (Å²) in [5.41, 5.74) is 0.904. The lowest BCUT2D eigenvalue weighted by Gasteiger charge is -2.32. The maximum atomic E-state index is 13.9. The lowest BCUT2D eigenvalue weighted by molar-refractivity contribution is -0.139. The Morgan fingerprint density at radius 2 is 1.60 bits per heavy atom. The predicted octanol–water partition coefficient (Wildman–Crippen LogP) is 5.64. The molecule has 0 spiro atoms. The van der Waals surface area contributed by atoms with E-state index in [1.54, 1.807) is 67.6 Å². The Labute approximate surface area is 249 Å². The van der Waals surface area contributed by atoms with Crippen molar-refractivity contribution in [3.8, 4) is 5.75 Å². The van der Waals surface area contributed by atoms with E-state index >= 15 is 0 Å². The van der Waals surface area contributed by atoms with Crippen molar-refractivity contribution in [1.82, 2.24) is 10.2 Å². The first kappa shape index (κ1) is 31.4. The first-order chi connectivity index (χ1) is 18.9. The molecule has 0 bridgehead atoms. The average molecular weight is 651 g/mol. The number of carbonyl (C=O) groups excluding carboxylic acids is 2. The van der Waals surface area contributed by atoms with E-state index in [-0.39, 0.29) is 29.1 Å². The Morgan fingerprint density at radius 3 is 2.17 bits per heavy atom. The van der Waals surface area contributed by atoms with Crippen molar-refractivity contribution in [3.63, 3.8) is 0 Å². The molecule has 3 aromatic carbocycles. The molecule has 0 radical (unpaired) electrons. The third-order valence-corrected chi connectivity index (χ3v) is 8.70. The number of benzene rings is 3. The highest BCUT2D eigenvalue weighted by Gasteiger charge is 2.33. The zero-order valence-corrected chi connectivity index (χ0v) is 26.0. The molecule has 2 amide bonds.